The number of hydrogen-bond acceptors (Lipinski definition) is 11. The number of anilines is 1. The van der Waals surface area contributed by atoms with Crippen molar-refractivity contribution in [3.8, 4) is 0 Å². The van der Waals surface area contributed by atoms with Gasteiger partial charge in [0.15, 0.2) is 0 Å². The summed E-state index contributed by atoms with van der Waals surface area (Å²) in [6.07, 6.45) is 2.50. The van der Waals surface area contributed by atoms with Crippen LogP contribution in [0, 0.1) is 0 Å². The Morgan fingerprint density at radius 3 is 1.53 bits per heavy atom. The van der Waals surface area contributed by atoms with Gasteiger partial charge in [-0.05, 0) is 72.0 Å². The minimum Gasteiger partial charge on any atom is -0.377 e. The molecule has 0 radical (unpaired) electrons. The van der Waals surface area contributed by atoms with Crippen LogP contribution < -0.4 is 4.90 Å². The van der Waals surface area contributed by atoms with Crippen molar-refractivity contribution in [1.29, 1.82) is 0 Å². The van der Waals surface area contributed by atoms with E-state index in [9.17, 15) is 34.4 Å². The molecular formula is C28H22ClN3O8S5. The van der Waals surface area contributed by atoms with Gasteiger partial charge in [-0.25, -0.2) is 8.42 Å². The Hall–Kier alpha value is -3.66. The summed E-state index contributed by atoms with van der Waals surface area (Å²) in [5.74, 6) is 0. The lowest BCUT2D eigenvalue weighted by Gasteiger charge is -2.16. The van der Waals surface area contributed by atoms with Gasteiger partial charge in [0.05, 0.1) is 26.6 Å². The van der Waals surface area contributed by atoms with Gasteiger partial charge in [-0.3, -0.25) is 9.11 Å². The van der Waals surface area contributed by atoms with Crippen LogP contribution >= 0.6 is 35.1 Å². The molecule has 0 aliphatic rings. The summed E-state index contributed by atoms with van der Waals surface area (Å²) < 4.78 is 88.3. The van der Waals surface area contributed by atoms with Crippen LogP contribution in [0.3, 0.4) is 0 Å². The molecule has 4 aromatic carbocycles. The zero-order valence-electron chi connectivity index (χ0n) is 23.2. The number of rotatable bonds is 8. The lowest BCUT2D eigenvalue weighted by atomic mass is 10.1. The minimum absolute atomic E-state index is 0.0492. The summed E-state index contributed by atoms with van der Waals surface area (Å²) in [6.45, 7) is 0. The largest absolute Gasteiger partial charge is 0.377 e. The van der Waals surface area contributed by atoms with Crippen molar-refractivity contribution in [1.82, 2.24) is 0 Å². The minimum atomic E-state index is -4.61. The van der Waals surface area contributed by atoms with Gasteiger partial charge in [0.25, 0.3) is 29.3 Å². The fourth-order valence-electron chi connectivity index (χ4n) is 4.06. The number of aliphatic imine (C=N–C) groups is 2. The first-order chi connectivity index (χ1) is 21.0. The molecule has 0 aliphatic carbocycles. The summed E-state index contributed by atoms with van der Waals surface area (Å²) in [5.41, 5.74) is 1.37. The molecule has 11 nitrogen and oxygen atoms in total. The SMILES string of the molecule is CN(C)c1cccc2c(S(=O)(=O)Cl)cccc12.O=S(=O)(O)c1cc(N=C=S)ccc1/C=C/c1ccc(N=C=S)cc1S(=O)(=O)O. The molecule has 45 heavy (non-hydrogen) atoms. The molecule has 0 heterocycles. The zero-order valence-corrected chi connectivity index (χ0v) is 28.0. The third kappa shape index (κ3) is 9.42. The topological polar surface area (TPSA) is 171 Å². The molecule has 0 unspecified atom stereocenters. The first-order valence-electron chi connectivity index (χ1n) is 12.2. The summed E-state index contributed by atoms with van der Waals surface area (Å²) >= 11 is 8.91. The molecular weight excluding hydrogens is 702 g/mol. The number of nitrogens with zero attached hydrogens (tertiary/aromatic N) is 3. The zero-order chi connectivity index (χ0) is 33.6. The fraction of sp³-hybridized carbons (Fsp3) is 0.0714. The second-order valence-corrected chi connectivity index (χ2v) is 14.8. The van der Waals surface area contributed by atoms with Gasteiger partial charge in [0.2, 0.25) is 0 Å². The summed E-state index contributed by atoms with van der Waals surface area (Å²) in [6, 6.07) is 18.3. The van der Waals surface area contributed by atoms with Crippen molar-refractivity contribution in [3.63, 3.8) is 0 Å². The maximum Gasteiger partial charge on any atom is 0.295 e. The van der Waals surface area contributed by atoms with Crippen LogP contribution in [0.2, 0.25) is 0 Å². The Balaban J connectivity index is 0.000000276. The van der Waals surface area contributed by atoms with E-state index in [-0.39, 0.29) is 27.4 Å². The van der Waals surface area contributed by atoms with Gasteiger partial charge >= 0.3 is 0 Å². The van der Waals surface area contributed by atoms with Crippen LogP contribution in [0.25, 0.3) is 22.9 Å². The van der Waals surface area contributed by atoms with Gasteiger partial charge in [-0.15, -0.1) is 0 Å². The molecule has 0 bridgehead atoms. The molecule has 0 atom stereocenters. The smallest absolute Gasteiger partial charge is 0.295 e. The summed E-state index contributed by atoms with van der Waals surface area (Å²) in [4.78, 5) is 8.44. The maximum absolute atomic E-state index is 11.6. The van der Waals surface area contributed by atoms with Gasteiger partial charge in [-0.2, -0.15) is 26.8 Å². The monoisotopic (exact) mass is 723 g/mol. The molecule has 0 aliphatic heterocycles. The van der Waals surface area contributed by atoms with Crippen molar-refractivity contribution in [2.24, 2.45) is 9.98 Å². The highest BCUT2D eigenvalue weighted by Gasteiger charge is 2.18. The predicted octanol–water partition coefficient (Wildman–Crippen LogP) is 6.65. The van der Waals surface area contributed by atoms with E-state index in [4.69, 9.17) is 10.7 Å². The van der Waals surface area contributed by atoms with Crippen LogP contribution in [-0.4, -0.2) is 58.8 Å². The van der Waals surface area contributed by atoms with Crippen molar-refractivity contribution < 1.29 is 34.4 Å². The Morgan fingerprint density at radius 1 is 0.689 bits per heavy atom. The van der Waals surface area contributed by atoms with E-state index < -0.39 is 39.1 Å². The molecule has 234 valence electrons. The van der Waals surface area contributed by atoms with Crippen molar-refractivity contribution >= 4 is 115 Å². The third-order valence-corrected chi connectivity index (χ3v) is 9.33. The highest BCUT2D eigenvalue weighted by molar-refractivity contribution is 8.14. The van der Waals surface area contributed by atoms with Crippen molar-refractivity contribution in [2.75, 3.05) is 19.0 Å². The first-order valence-corrected chi connectivity index (χ1v) is 18.2. The average molecular weight is 724 g/mol. The van der Waals surface area contributed by atoms with Crippen LogP contribution in [-0.2, 0) is 29.3 Å². The number of isothiocyanates is 2. The normalized spacial score (nSPS) is 11.7. The highest BCUT2D eigenvalue weighted by atomic mass is 35.7. The maximum atomic E-state index is 11.6. The van der Waals surface area contributed by atoms with Crippen LogP contribution in [0.15, 0.2) is 97.5 Å². The first kappa shape index (κ1) is 35.8. The summed E-state index contributed by atoms with van der Waals surface area (Å²) in [5, 5.41) is 5.68. The Labute approximate surface area is 275 Å². The lowest BCUT2D eigenvalue weighted by Crippen LogP contribution is -2.09. The van der Waals surface area contributed by atoms with E-state index in [1.807, 2.05) is 37.2 Å². The average Bonchev–Trinajstić information content (AvgIpc) is 2.95. The standard InChI is InChI=1S/C16H10N2O6S4.C12H12ClNO2S/c19-27(20,21)15-7-13(17-9-25)5-3-11(15)1-2-12-4-6-14(18-10-26)8-16(12)28(22,23)24;1-14(2)11-7-3-6-10-9(11)5-4-8-12(10)17(13,15)16/h1-8H,(H,19,20,21)(H,22,23,24);3-8H,1-2H3/b2-1+;. The quantitative estimate of drug-likeness (QED) is 0.0656. The van der Waals surface area contributed by atoms with Crippen molar-refractivity contribution in [3.05, 3.63) is 83.9 Å². The molecule has 17 heteroatoms. The molecule has 0 saturated carbocycles. The van der Waals surface area contributed by atoms with Crippen molar-refractivity contribution in [2.45, 2.75) is 14.7 Å². The predicted molar refractivity (Wildman–Crippen MR) is 182 cm³/mol. The lowest BCUT2D eigenvalue weighted by molar-refractivity contribution is 0.480. The van der Waals surface area contributed by atoms with E-state index in [0.29, 0.717) is 5.39 Å². The van der Waals surface area contributed by atoms with Crippen LogP contribution in [0.5, 0.6) is 0 Å². The van der Waals surface area contributed by atoms with Gasteiger partial charge in [-0.1, -0.05) is 48.6 Å². The van der Waals surface area contributed by atoms with Gasteiger partial charge in [0.1, 0.15) is 9.79 Å². The molecule has 0 saturated heterocycles. The molecule has 0 aromatic heterocycles. The van der Waals surface area contributed by atoms with Crippen LogP contribution in [0.1, 0.15) is 11.1 Å². The Kier molecular flexibility index (Phi) is 11.6. The van der Waals surface area contributed by atoms with Gasteiger partial charge in [0, 0.05) is 41.2 Å². The van der Waals surface area contributed by atoms with E-state index in [1.54, 1.807) is 12.1 Å². The number of benzene rings is 4. The second-order valence-electron chi connectivity index (χ2n) is 9.09. The second kappa shape index (κ2) is 14.6. The van der Waals surface area contributed by atoms with E-state index in [1.165, 1.54) is 42.5 Å². The number of fused-ring (bicyclic) bond motifs is 1. The molecule has 4 rings (SSSR count). The molecule has 0 amide bonds. The molecule has 0 spiro atoms. The number of hydrogen-bond donors (Lipinski definition) is 2. The fourth-order valence-corrected chi connectivity index (χ4v) is 6.76. The van der Waals surface area contributed by atoms with Crippen LogP contribution in [0.4, 0.5) is 17.1 Å². The third-order valence-electron chi connectivity index (χ3n) is 5.95. The molecule has 2 N–H and O–H groups in total. The van der Waals surface area contributed by atoms with E-state index >= 15 is 0 Å². The molecule has 4 aromatic rings. The van der Waals surface area contributed by atoms with Gasteiger partial charge < -0.3 is 4.90 Å². The van der Waals surface area contributed by atoms with E-state index in [2.05, 4.69) is 44.7 Å². The Morgan fingerprint density at radius 2 is 1.13 bits per heavy atom. The summed E-state index contributed by atoms with van der Waals surface area (Å²) in [7, 11) is -3.68. The number of thiocarbonyl (C=S) groups is 2. The van der Waals surface area contributed by atoms with E-state index in [0.717, 1.165) is 23.2 Å². The molecule has 0 fully saturated rings. The highest BCUT2D eigenvalue weighted by Crippen LogP contribution is 2.31. The Bertz CT molecular complexity index is 2140. The number of halogens is 1.